The van der Waals surface area contributed by atoms with Crippen LogP contribution in [0.2, 0.25) is 0 Å². The standard InChI is InChI=1S/C18H19N3O2S2/c19-9-12-20-14-18(15-4-1-2-5-16(15)20)7-10-21(11-8-18)25(22,23)17-6-3-13-24-17/h1-6,13H,7-8,10-12,14H2. The van der Waals surface area contributed by atoms with Crippen molar-refractivity contribution in [2.45, 2.75) is 22.5 Å². The fourth-order valence-electron chi connectivity index (χ4n) is 4.08. The fraction of sp³-hybridized carbons (Fsp3) is 0.389. The van der Waals surface area contributed by atoms with Gasteiger partial charge in [0.05, 0.1) is 6.07 Å². The van der Waals surface area contributed by atoms with Crippen molar-refractivity contribution in [1.29, 1.82) is 5.26 Å². The monoisotopic (exact) mass is 373 g/mol. The van der Waals surface area contributed by atoms with Gasteiger partial charge in [-0.05, 0) is 35.9 Å². The maximum absolute atomic E-state index is 12.7. The molecule has 7 heteroatoms. The molecule has 5 nitrogen and oxygen atoms in total. The molecule has 25 heavy (non-hydrogen) atoms. The first kappa shape index (κ1) is 16.6. The number of para-hydroxylation sites is 1. The molecule has 1 spiro atoms. The number of nitriles is 1. The van der Waals surface area contributed by atoms with Crippen LogP contribution in [0.3, 0.4) is 0 Å². The summed E-state index contributed by atoms with van der Waals surface area (Å²) in [6.07, 6.45) is 1.58. The molecule has 1 fully saturated rings. The largest absolute Gasteiger partial charge is 0.357 e. The van der Waals surface area contributed by atoms with Crippen LogP contribution in [0.15, 0.2) is 46.0 Å². The quantitative estimate of drug-likeness (QED) is 0.776. The molecule has 0 unspecified atom stereocenters. The van der Waals surface area contributed by atoms with E-state index in [1.54, 1.807) is 21.8 Å². The van der Waals surface area contributed by atoms with Gasteiger partial charge in [-0.2, -0.15) is 9.57 Å². The molecular weight excluding hydrogens is 354 g/mol. The van der Waals surface area contributed by atoms with Crippen LogP contribution in [0.25, 0.3) is 0 Å². The van der Waals surface area contributed by atoms with Gasteiger partial charge in [-0.1, -0.05) is 24.3 Å². The zero-order valence-corrected chi connectivity index (χ0v) is 15.4. The Bertz CT molecular complexity index is 908. The summed E-state index contributed by atoms with van der Waals surface area (Å²) in [5.41, 5.74) is 2.34. The van der Waals surface area contributed by atoms with Crippen molar-refractivity contribution in [2.24, 2.45) is 0 Å². The van der Waals surface area contributed by atoms with E-state index < -0.39 is 10.0 Å². The summed E-state index contributed by atoms with van der Waals surface area (Å²) in [6.45, 7) is 2.21. The number of hydrogen-bond donors (Lipinski definition) is 0. The minimum Gasteiger partial charge on any atom is -0.357 e. The van der Waals surface area contributed by atoms with Gasteiger partial charge in [0.25, 0.3) is 10.0 Å². The highest BCUT2D eigenvalue weighted by Gasteiger charge is 2.46. The van der Waals surface area contributed by atoms with E-state index in [1.165, 1.54) is 16.9 Å². The molecule has 4 rings (SSSR count). The van der Waals surface area contributed by atoms with Crippen LogP contribution in [-0.4, -0.2) is 38.9 Å². The Morgan fingerprint density at radius 2 is 1.92 bits per heavy atom. The van der Waals surface area contributed by atoms with E-state index in [9.17, 15) is 8.42 Å². The smallest absolute Gasteiger partial charge is 0.252 e. The highest BCUT2D eigenvalue weighted by Crippen LogP contribution is 2.47. The highest BCUT2D eigenvalue weighted by molar-refractivity contribution is 7.91. The van der Waals surface area contributed by atoms with Gasteiger partial charge in [-0.25, -0.2) is 8.42 Å². The van der Waals surface area contributed by atoms with Gasteiger partial charge in [-0.3, -0.25) is 0 Å². The van der Waals surface area contributed by atoms with Gasteiger partial charge in [-0.15, -0.1) is 11.3 Å². The molecule has 2 aromatic rings. The number of thiophene rings is 1. The average Bonchev–Trinajstić information content (AvgIpc) is 3.25. The minimum absolute atomic E-state index is 0.0467. The van der Waals surface area contributed by atoms with Crippen molar-refractivity contribution in [1.82, 2.24) is 4.31 Å². The Morgan fingerprint density at radius 1 is 1.16 bits per heavy atom. The van der Waals surface area contributed by atoms with Crippen molar-refractivity contribution in [2.75, 3.05) is 31.1 Å². The summed E-state index contributed by atoms with van der Waals surface area (Å²) >= 11 is 1.27. The first-order valence-corrected chi connectivity index (χ1v) is 10.6. The molecule has 2 aliphatic rings. The fourth-order valence-corrected chi connectivity index (χ4v) is 6.67. The van der Waals surface area contributed by atoms with Crippen LogP contribution in [0.5, 0.6) is 0 Å². The molecule has 0 N–H and O–H groups in total. The number of piperidine rings is 1. The summed E-state index contributed by atoms with van der Waals surface area (Å²) in [5, 5.41) is 10.9. The first-order chi connectivity index (χ1) is 12.1. The van der Waals surface area contributed by atoms with Gasteiger partial charge in [0.2, 0.25) is 0 Å². The Morgan fingerprint density at radius 3 is 2.60 bits per heavy atom. The third kappa shape index (κ3) is 2.65. The van der Waals surface area contributed by atoms with Crippen LogP contribution < -0.4 is 4.90 Å². The van der Waals surface area contributed by atoms with E-state index in [2.05, 4.69) is 23.1 Å². The van der Waals surface area contributed by atoms with E-state index >= 15 is 0 Å². The minimum atomic E-state index is -3.38. The number of sulfonamides is 1. The molecular formula is C18H19N3O2S2. The van der Waals surface area contributed by atoms with E-state index in [0.717, 1.165) is 25.1 Å². The molecule has 1 aromatic heterocycles. The molecule has 130 valence electrons. The molecule has 2 aliphatic heterocycles. The third-order valence-corrected chi connectivity index (χ3v) is 8.61. The normalized spacial score (nSPS) is 19.7. The molecule has 0 aliphatic carbocycles. The molecule has 0 saturated carbocycles. The maximum Gasteiger partial charge on any atom is 0.252 e. The third-order valence-electron chi connectivity index (χ3n) is 5.34. The SMILES string of the molecule is N#CCN1CC2(CCN(S(=O)(=O)c3cccs3)CC2)c2ccccc21. The van der Waals surface area contributed by atoms with Gasteiger partial charge in [0, 0.05) is 30.7 Å². The lowest BCUT2D eigenvalue weighted by Crippen LogP contribution is -2.47. The Balaban J connectivity index is 1.59. The van der Waals surface area contributed by atoms with Crippen LogP contribution in [0, 0.1) is 11.3 Å². The molecule has 1 saturated heterocycles. The number of rotatable bonds is 3. The first-order valence-electron chi connectivity index (χ1n) is 8.32. The summed E-state index contributed by atoms with van der Waals surface area (Å²) in [5.74, 6) is 0. The van der Waals surface area contributed by atoms with Crippen molar-refractivity contribution < 1.29 is 8.42 Å². The van der Waals surface area contributed by atoms with E-state index in [-0.39, 0.29) is 5.41 Å². The number of fused-ring (bicyclic) bond motifs is 2. The van der Waals surface area contributed by atoms with Crippen LogP contribution in [0.4, 0.5) is 5.69 Å². The topological polar surface area (TPSA) is 64.4 Å². The number of nitrogens with zero attached hydrogens (tertiary/aromatic N) is 3. The predicted octanol–water partition coefficient (Wildman–Crippen LogP) is 2.81. The number of benzene rings is 1. The second-order valence-electron chi connectivity index (χ2n) is 6.65. The Kier molecular flexibility index (Phi) is 4.07. The lowest BCUT2D eigenvalue weighted by Gasteiger charge is -2.39. The molecule has 0 bridgehead atoms. The molecule has 0 atom stereocenters. The number of anilines is 1. The summed E-state index contributed by atoms with van der Waals surface area (Å²) in [7, 11) is -3.38. The molecule has 0 radical (unpaired) electrons. The van der Waals surface area contributed by atoms with E-state index in [0.29, 0.717) is 23.8 Å². The lowest BCUT2D eigenvalue weighted by atomic mass is 9.75. The zero-order chi connectivity index (χ0) is 17.5. The number of hydrogen-bond acceptors (Lipinski definition) is 5. The van der Waals surface area contributed by atoms with Gasteiger partial charge in [0.1, 0.15) is 10.8 Å². The zero-order valence-electron chi connectivity index (χ0n) is 13.8. The van der Waals surface area contributed by atoms with Gasteiger partial charge >= 0.3 is 0 Å². The van der Waals surface area contributed by atoms with Crippen molar-refractivity contribution in [3.63, 3.8) is 0 Å². The van der Waals surface area contributed by atoms with Crippen molar-refractivity contribution in [3.05, 3.63) is 47.3 Å². The second kappa shape index (κ2) is 6.13. The molecule has 0 amide bonds. The highest BCUT2D eigenvalue weighted by atomic mass is 32.2. The lowest BCUT2D eigenvalue weighted by molar-refractivity contribution is 0.245. The van der Waals surface area contributed by atoms with Crippen LogP contribution in [-0.2, 0) is 15.4 Å². The summed E-state index contributed by atoms with van der Waals surface area (Å²) < 4.78 is 27.5. The Labute approximate surface area is 152 Å². The summed E-state index contributed by atoms with van der Waals surface area (Å²) in [4.78, 5) is 2.12. The molecule has 3 heterocycles. The van der Waals surface area contributed by atoms with Gasteiger partial charge in [0.15, 0.2) is 0 Å². The Hall–Kier alpha value is -1.88. The maximum atomic E-state index is 12.7. The second-order valence-corrected chi connectivity index (χ2v) is 9.76. The van der Waals surface area contributed by atoms with Gasteiger partial charge < -0.3 is 4.90 Å². The molecule has 1 aromatic carbocycles. The summed E-state index contributed by atoms with van der Waals surface area (Å²) in [6, 6.07) is 13.9. The predicted molar refractivity (Wildman–Crippen MR) is 98.3 cm³/mol. The van der Waals surface area contributed by atoms with Crippen LogP contribution >= 0.6 is 11.3 Å². The average molecular weight is 374 g/mol. The van der Waals surface area contributed by atoms with Crippen molar-refractivity contribution in [3.8, 4) is 6.07 Å². The van der Waals surface area contributed by atoms with E-state index in [1.807, 2.05) is 12.1 Å². The van der Waals surface area contributed by atoms with E-state index in [4.69, 9.17) is 5.26 Å². The van der Waals surface area contributed by atoms with Crippen LogP contribution in [0.1, 0.15) is 18.4 Å². The van der Waals surface area contributed by atoms with Crippen molar-refractivity contribution >= 4 is 27.0 Å².